The lowest BCUT2D eigenvalue weighted by Crippen LogP contribution is -2.35. The first kappa shape index (κ1) is 15.4. The van der Waals surface area contributed by atoms with Crippen LogP contribution in [0.15, 0.2) is 23.4 Å². The predicted octanol–water partition coefficient (Wildman–Crippen LogP) is 1.74. The molecule has 2 rings (SSSR count). The Bertz CT molecular complexity index is 590. The molecule has 9 heteroatoms. The molecule has 0 fully saturated rings. The molecule has 4 N–H and O–H groups in total. The van der Waals surface area contributed by atoms with Gasteiger partial charge in [0.2, 0.25) is 0 Å². The van der Waals surface area contributed by atoms with Crippen LogP contribution >= 0.6 is 12.2 Å². The summed E-state index contributed by atoms with van der Waals surface area (Å²) in [5, 5.41) is 16.3. The van der Waals surface area contributed by atoms with Crippen LogP contribution in [0, 0.1) is 0 Å². The normalized spacial score (nSPS) is 18.0. The first-order valence-corrected chi connectivity index (χ1v) is 6.35. The minimum Gasteiger partial charge on any atom is -0.507 e. The van der Waals surface area contributed by atoms with Crippen molar-refractivity contribution in [2.75, 3.05) is 6.54 Å². The van der Waals surface area contributed by atoms with Gasteiger partial charge < -0.3 is 21.0 Å². The molecule has 1 aliphatic rings. The number of hydrogen-bond donors (Lipinski definition) is 3. The average Bonchev–Trinajstić information content (AvgIpc) is 2.83. The van der Waals surface area contributed by atoms with E-state index >= 15 is 0 Å². The van der Waals surface area contributed by atoms with Gasteiger partial charge in [0.15, 0.2) is 5.11 Å². The van der Waals surface area contributed by atoms with E-state index in [4.69, 9.17) is 10.6 Å². The topological polar surface area (TPSA) is 79.9 Å². The number of aromatic hydroxyl groups is 1. The van der Waals surface area contributed by atoms with Crippen molar-refractivity contribution < 1.29 is 23.1 Å². The molecular weight excluding hydrogens is 307 g/mol. The van der Waals surface area contributed by atoms with Crippen LogP contribution in [-0.2, 0) is 11.0 Å². The second kappa shape index (κ2) is 5.76. The smallest absolute Gasteiger partial charge is 0.416 e. The van der Waals surface area contributed by atoms with Crippen molar-refractivity contribution in [2.45, 2.75) is 18.7 Å². The lowest BCUT2D eigenvalue weighted by atomic mass is 10.0. The van der Waals surface area contributed by atoms with Gasteiger partial charge in [0.1, 0.15) is 11.9 Å². The van der Waals surface area contributed by atoms with Crippen LogP contribution in [0.25, 0.3) is 0 Å². The first-order valence-electron chi connectivity index (χ1n) is 5.94. The quantitative estimate of drug-likeness (QED) is 0.740. The fourth-order valence-corrected chi connectivity index (χ4v) is 1.95. The molecule has 0 spiro atoms. The Morgan fingerprint density at radius 1 is 1.52 bits per heavy atom. The van der Waals surface area contributed by atoms with Crippen LogP contribution in [0.4, 0.5) is 13.2 Å². The fourth-order valence-electron chi connectivity index (χ4n) is 1.86. The average molecular weight is 319 g/mol. The number of oxime groups is 1. The van der Waals surface area contributed by atoms with Gasteiger partial charge in [-0.05, 0) is 30.4 Å². The number of nitrogens with zero attached hydrogens (tertiary/aromatic N) is 1. The van der Waals surface area contributed by atoms with Crippen molar-refractivity contribution in [3.8, 4) is 5.75 Å². The zero-order valence-corrected chi connectivity index (χ0v) is 11.5. The molecule has 1 atom stereocenters. The van der Waals surface area contributed by atoms with E-state index < -0.39 is 17.5 Å². The number of nitrogens with two attached hydrogens (primary N) is 1. The second-order valence-corrected chi connectivity index (χ2v) is 4.88. The number of rotatable bonds is 3. The largest absolute Gasteiger partial charge is 0.507 e. The highest BCUT2D eigenvalue weighted by Crippen LogP contribution is 2.33. The second-order valence-electron chi connectivity index (χ2n) is 4.44. The van der Waals surface area contributed by atoms with E-state index in [1.165, 1.54) is 6.07 Å². The third-order valence-corrected chi connectivity index (χ3v) is 3.02. The maximum atomic E-state index is 12.5. The van der Waals surface area contributed by atoms with Crippen molar-refractivity contribution in [2.24, 2.45) is 10.9 Å². The van der Waals surface area contributed by atoms with Crippen LogP contribution in [-0.4, -0.2) is 28.6 Å². The van der Waals surface area contributed by atoms with Gasteiger partial charge in [-0.3, -0.25) is 0 Å². The Morgan fingerprint density at radius 2 is 2.24 bits per heavy atom. The van der Waals surface area contributed by atoms with Gasteiger partial charge >= 0.3 is 6.18 Å². The maximum Gasteiger partial charge on any atom is 0.416 e. The molecule has 1 aromatic rings. The highest BCUT2D eigenvalue weighted by Gasteiger charge is 2.32. The summed E-state index contributed by atoms with van der Waals surface area (Å²) in [7, 11) is 0. The van der Waals surface area contributed by atoms with Gasteiger partial charge in [-0.2, -0.15) is 13.2 Å². The summed E-state index contributed by atoms with van der Waals surface area (Å²) >= 11 is 4.65. The number of nitrogens with one attached hydrogen (secondary N) is 1. The molecule has 0 saturated heterocycles. The molecule has 21 heavy (non-hydrogen) atoms. The summed E-state index contributed by atoms with van der Waals surface area (Å²) in [5.74, 6) is -0.491. The molecule has 5 nitrogen and oxygen atoms in total. The Hall–Kier alpha value is -2.03. The van der Waals surface area contributed by atoms with Crippen molar-refractivity contribution in [1.82, 2.24) is 5.32 Å². The van der Waals surface area contributed by atoms with Gasteiger partial charge in [-0.1, -0.05) is 5.16 Å². The first-order chi connectivity index (χ1) is 9.77. The minimum atomic E-state index is -4.51. The number of alkyl halides is 3. The van der Waals surface area contributed by atoms with Crippen LogP contribution in [0.2, 0.25) is 0 Å². The van der Waals surface area contributed by atoms with Crippen molar-refractivity contribution in [3.05, 3.63) is 29.3 Å². The highest BCUT2D eigenvalue weighted by atomic mass is 32.1. The standard InChI is InChI=1S/C12H12F3N3O2S/c13-12(14,15)6-1-2-8(10(19)3-6)9-4-7(20-18-9)5-17-11(16)21/h1-3,7,19H,4-5H2,(H3,16,17,21). The molecule has 0 aromatic heterocycles. The van der Waals surface area contributed by atoms with Gasteiger partial charge in [0.25, 0.3) is 0 Å². The van der Waals surface area contributed by atoms with Gasteiger partial charge in [0, 0.05) is 12.0 Å². The van der Waals surface area contributed by atoms with E-state index in [-0.39, 0.29) is 16.8 Å². The van der Waals surface area contributed by atoms with Gasteiger partial charge in [-0.15, -0.1) is 0 Å². The molecule has 114 valence electrons. The highest BCUT2D eigenvalue weighted by molar-refractivity contribution is 7.80. The summed E-state index contributed by atoms with van der Waals surface area (Å²) < 4.78 is 37.5. The van der Waals surface area contributed by atoms with Gasteiger partial charge in [-0.25, -0.2) is 0 Å². The molecule has 0 aliphatic carbocycles. The molecule has 0 amide bonds. The zero-order chi connectivity index (χ0) is 15.6. The summed E-state index contributed by atoms with van der Waals surface area (Å²) in [5.41, 5.74) is 4.94. The molecule has 1 aromatic carbocycles. The predicted molar refractivity (Wildman–Crippen MR) is 73.9 cm³/mol. The minimum absolute atomic E-state index is 0.115. The monoisotopic (exact) mass is 319 g/mol. The lowest BCUT2D eigenvalue weighted by Gasteiger charge is -2.10. The molecule has 1 unspecified atom stereocenters. The summed E-state index contributed by atoms with van der Waals surface area (Å²) in [6, 6.07) is 2.72. The SMILES string of the molecule is NC(=S)NCC1CC(c2ccc(C(F)(F)F)cc2O)=NO1. The Kier molecular flexibility index (Phi) is 4.21. The number of hydrogen-bond acceptors (Lipinski definition) is 4. The van der Waals surface area contributed by atoms with Crippen molar-refractivity contribution in [1.29, 1.82) is 0 Å². The summed E-state index contributed by atoms with van der Waals surface area (Å²) in [6.45, 7) is 0.323. The van der Waals surface area contributed by atoms with Crippen LogP contribution in [0.1, 0.15) is 17.5 Å². The Labute approximate surface area is 123 Å². The van der Waals surface area contributed by atoms with E-state index in [1.54, 1.807) is 0 Å². The van der Waals surface area contributed by atoms with Crippen LogP contribution in [0.5, 0.6) is 5.75 Å². The molecule has 0 radical (unpaired) electrons. The third kappa shape index (κ3) is 3.75. The Balaban J connectivity index is 2.08. The summed E-state index contributed by atoms with van der Waals surface area (Å²) in [6.07, 6.45) is -4.52. The van der Waals surface area contributed by atoms with E-state index in [9.17, 15) is 18.3 Å². The van der Waals surface area contributed by atoms with Crippen molar-refractivity contribution >= 4 is 23.0 Å². The van der Waals surface area contributed by atoms with E-state index in [1.807, 2.05) is 0 Å². The number of benzene rings is 1. The van der Waals surface area contributed by atoms with Gasteiger partial charge in [0.05, 0.1) is 17.8 Å². The maximum absolute atomic E-state index is 12.5. The van der Waals surface area contributed by atoms with Crippen LogP contribution in [0.3, 0.4) is 0 Å². The molecule has 0 saturated carbocycles. The third-order valence-electron chi connectivity index (χ3n) is 2.87. The number of phenolic OH excluding ortho intramolecular Hbond substituents is 1. The Morgan fingerprint density at radius 3 is 2.81 bits per heavy atom. The van der Waals surface area contributed by atoms with Crippen LogP contribution < -0.4 is 11.1 Å². The van der Waals surface area contributed by atoms with E-state index in [0.717, 1.165) is 6.07 Å². The lowest BCUT2D eigenvalue weighted by molar-refractivity contribution is -0.137. The molecule has 0 bridgehead atoms. The molecule has 1 aliphatic heterocycles. The summed E-state index contributed by atoms with van der Waals surface area (Å²) in [4.78, 5) is 5.10. The van der Waals surface area contributed by atoms with E-state index in [0.29, 0.717) is 24.7 Å². The zero-order valence-electron chi connectivity index (χ0n) is 10.6. The van der Waals surface area contributed by atoms with Crippen molar-refractivity contribution in [3.63, 3.8) is 0 Å². The fraction of sp³-hybridized carbons (Fsp3) is 0.333. The number of phenols is 1. The number of thiocarbonyl (C=S) groups is 1. The molecule has 1 heterocycles. The molecular formula is C12H12F3N3O2S. The van der Waals surface area contributed by atoms with E-state index in [2.05, 4.69) is 22.7 Å². The number of halogens is 3.